The molecule has 0 unspecified atom stereocenters. The van der Waals surface area contributed by atoms with Crippen LogP contribution in [0.25, 0.3) is 10.2 Å². The zero-order valence-electron chi connectivity index (χ0n) is 14.4. The number of fused-ring (bicyclic) bond motifs is 1. The van der Waals surface area contributed by atoms with Crippen molar-refractivity contribution in [3.8, 4) is 0 Å². The summed E-state index contributed by atoms with van der Waals surface area (Å²) in [5.74, 6) is -0.245. The Morgan fingerprint density at radius 3 is 2.58 bits per heavy atom. The Bertz CT molecular complexity index is 932. The first-order valence-electron chi connectivity index (χ1n) is 8.52. The maximum absolute atomic E-state index is 13.3. The fourth-order valence-electron chi connectivity index (χ4n) is 2.96. The molecule has 4 rings (SSSR count). The molecule has 2 heterocycles. The van der Waals surface area contributed by atoms with E-state index in [0.717, 1.165) is 26.6 Å². The largest absolute Gasteiger partial charge is 0.345 e. The highest BCUT2D eigenvalue weighted by atomic mass is 32.1. The molecule has 2 amide bonds. The van der Waals surface area contributed by atoms with Crippen LogP contribution in [-0.2, 0) is 0 Å². The number of nitrogens with zero attached hydrogens (tertiary/aromatic N) is 3. The van der Waals surface area contributed by atoms with Gasteiger partial charge in [0, 0.05) is 31.9 Å². The van der Waals surface area contributed by atoms with Gasteiger partial charge in [0.25, 0.3) is 0 Å². The van der Waals surface area contributed by atoms with Gasteiger partial charge in [0.2, 0.25) is 0 Å². The van der Waals surface area contributed by atoms with Crippen LogP contribution in [0.3, 0.4) is 0 Å². The molecule has 1 aromatic heterocycles. The maximum Gasteiger partial charge on any atom is 0.321 e. The number of aryl methyl sites for hydroxylation is 1. The van der Waals surface area contributed by atoms with Crippen molar-refractivity contribution in [1.29, 1.82) is 0 Å². The standard InChI is InChI=1S/C19H19FN4OS/c1-13-2-5-15(6-3-13)21-18(25)23-8-10-24(11-9-23)19-22-16-7-4-14(20)12-17(16)26-19/h2-7,12H,8-11H2,1H3,(H,21,25). The van der Waals surface area contributed by atoms with Gasteiger partial charge >= 0.3 is 6.03 Å². The Kier molecular flexibility index (Phi) is 4.46. The van der Waals surface area contributed by atoms with E-state index in [-0.39, 0.29) is 11.8 Å². The first-order chi connectivity index (χ1) is 12.6. The minimum atomic E-state index is -0.245. The van der Waals surface area contributed by atoms with Crippen molar-refractivity contribution in [1.82, 2.24) is 9.88 Å². The second-order valence-electron chi connectivity index (χ2n) is 6.38. The summed E-state index contributed by atoms with van der Waals surface area (Å²) in [6.07, 6.45) is 0. The number of thiazole rings is 1. The summed E-state index contributed by atoms with van der Waals surface area (Å²) in [5, 5.41) is 3.81. The molecule has 26 heavy (non-hydrogen) atoms. The lowest BCUT2D eigenvalue weighted by Crippen LogP contribution is -2.50. The van der Waals surface area contributed by atoms with Gasteiger partial charge in [-0.15, -0.1) is 0 Å². The molecular weight excluding hydrogens is 351 g/mol. The molecule has 1 saturated heterocycles. The van der Waals surface area contributed by atoms with Crippen LogP contribution in [-0.4, -0.2) is 42.1 Å². The van der Waals surface area contributed by atoms with E-state index in [2.05, 4.69) is 15.2 Å². The van der Waals surface area contributed by atoms with Crippen LogP contribution in [0.1, 0.15) is 5.56 Å². The lowest BCUT2D eigenvalue weighted by Gasteiger charge is -2.34. The van der Waals surface area contributed by atoms with Gasteiger partial charge in [-0.1, -0.05) is 29.0 Å². The minimum absolute atomic E-state index is 0.0834. The van der Waals surface area contributed by atoms with Crippen LogP contribution in [0.2, 0.25) is 0 Å². The van der Waals surface area contributed by atoms with Crippen LogP contribution >= 0.6 is 11.3 Å². The van der Waals surface area contributed by atoms with Gasteiger partial charge in [0.1, 0.15) is 5.82 Å². The average Bonchev–Trinajstić information content (AvgIpc) is 3.07. The number of urea groups is 1. The van der Waals surface area contributed by atoms with Crippen molar-refractivity contribution >= 4 is 38.4 Å². The molecule has 1 fully saturated rings. The first kappa shape index (κ1) is 16.8. The van der Waals surface area contributed by atoms with E-state index in [9.17, 15) is 9.18 Å². The zero-order valence-corrected chi connectivity index (χ0v) is 15.2. The predicted octanol–water partition coefficient (Wildman–Crippen LogP) is 4.10. The molecule has 134 valence electrons. The Morgan fingerprint density at radius 2 is 1.85 bits per heavy atom. The number of hydrogen-bond donors (Lipinski definition) is 1. The lowest BCUT2D eigenvalue weighted by atomic mass is 10.2. The Morgan fingerprint density at radius 1 is 1.12 bits per heavy atom. The number of halogens is 1. The van der Waals surface area contributed by atoms with Crippen molar-refractivity contribution in [2.24, 2.45) is 0 Å². The van der Waals surface area contributed by atoms with Gasteiger partial charge in [-0.2, -0.15) is 0 Å². The Labute approximate surface area is 155 Å². The van der Waals surface area contributed by atoms with E-state index < -0.39 is 0 Å². The van der Waals surface area contributed by atoms with Crippen molar-refractivity contribution in [3.05, 3.63) is 53.8 Å². The molecule has 0 aliphatic carbocycles. The number of nitrogens with one attached hydrogen (secondary N) is 1. The molecule has 1 N–H and O–H groups in total. The summed E-state index contributed by atoms with van der Waals surface area (Å²) in [4.78, 5) is 21.0. The SMILES string of the molecule is Cc1ccc(NC(=O)N2CCN(c3nc4ccc(F)cc4s3)CC2)cc1. The molecule has 0 spiro atoms. The summed E-state index contributed by atoms with van der Waals surface area (Å²) >= 11 is 1.49. The third-order valence-electron chi connectivity index (χ3n) is 4.48. The number of carbonyl (C=O) groups excluding carboxylic acids is 1. The van der Waals surface area contributed by atoms with Crippen molar-refractivity contribution < 1.29 is 9.18 Å². The molecule has 1 aliphatic heterocycles. The van der Waals surface area contributed by atoms with Crippen LogP contribution in [0, 0.1) is 12.7 Å². The highest BCUT2D eigenvalue weighted by Gasteiger charge is 2.23. The molecule has 0 saturated carbocycles. The zero-order chi connectivity index (χ0) is 18.1. The Hall–Kier alpha value is -2.67. The topological polar surface area (TPSA) is 48.5 Å². The number of amides is 2. The number of rotatable bonds is 2. The predicted molar refractivity (Wildman–Crippen MR) is 104 cm³/mol. The molecule has 1 aliphatic rings. The second kappa shape index (κ2) is 6.92. The molecule has 2 aromatic carbocycles. The van der Waals surface area contributed by atoms with Crippen LogP contribution in [0.4, 0.5) is 20.0 Å². The third-order valence-corrected chi connectivity index (χ3v) is 5.56. The summed E-state index contributed by atoms with van der Waals surface area (Å²) in [6.45, 7) is 4.69. The van der Waals surface area contributed by atoms with E-state index in [1.54, 1.807) is 6.07 Å². The summed E-state index contributed by atoms with van der Waals surface area (Å²) in [6, 6.07) is 12.3. The van der Waals surface area contributed by atoms with E-state index in [0.29, 0.717) is 26.2 Å². The molecule has 0 atom stereocenters. The van der Waals surface area contributed by atoms with E-state index >= 15 is 0 Å². The summed E-state index contributed by atoms with van der Waals surface area (Å²) in [5.41, 5.74) is 2.77. The first-order valence-corrected chi connectivity index (χ1v) is 9.34. The fraction of sp³-hybridized carbons (Fsp3) is 0.263. The van der Waals surface area contributed by atoms with Crippen LogP contribution < -0.4 is 10.2 Å². The molecule has 0 radical (unpaired) electrons. The minimum Gasteiger partial charge on any atom is -0.345 e. The number of anilines is 2. The van der Waals surface area contributed by atoms with Crippen LogP contribution in [0.15, 0.2) is 42.5 Å². The van der Waals surface area contributed by atoms with Gasteiger partial charge in [-0.05, 0) is 37.3 Å². The smallest absolute Gasteiger partial charge is 0.321 e. The Balaban J connectivity index is 1.38. The van der Waals surface area contributed by atoms with E-state index in [1.807, 2.05) is 36.1 Å². The average molecular weight is 370 g/mol. The number of piperazine rings is 1. The molecule has 5 nitrogen and oxygen atoms in total. The number of carbonyl (C=O) groups is 1. The van der Waals surface area contributed by atoms with Gasteiger partial charge in [-0.25, -0.2) is 14.2 Å². The van der Waals surface area contributed by atoms with Crippen molar-refractivity contribution in [3.63, 3.8) is 0 Å². The number of benzene rings is 2. The maximum atomic E-state index is 13.3. The van der Waals surface area contributed by atoms with Gasteiger partial charge in [0.15, 0.2) is 5.13 Å². The third kappa shape index (κ3) is 3.48. The molecule has 7 heteroatoms. The van der Waals surface area contributed by atoms with Crippen molar-refractivity contribution in [2.45, 2.75) is 6.92 Å². The quantitative estimate of drug-likeness (QED) is 0.739. The molecule has 3 aromatic rings. The van der Waals surface area contributed by atoms with Gasteiger partial charge in [-0.3, -0.25) is 0 Å². The van der Waals surface area contributed by atoms with Gasteiger partial charge < -0.3 is 15.1 Å². The van der Waals surface area contributed by atoms with Gasteiger partial charge in [0.05, 0.1) is 10.2 Å². The highest BCUT2D eigenvalue weighted by Crippen LogP contribution is 2.29. The normalized spacial score (nSPS) is 14.7. The van der Waals surface area contributed by atoms with Crippen LogP contribution in [0.5, 0.6) is 0 Å². The molecular formula is C19H19FN4OS. The fourth-order valence-corrected chi connectivity index (χ4v) is 4.00. The lowest BCUT2D eigenvalue weighted by molar-refractivity contribution is 0.208. The van der Waals surface area contributed by atoms with E-state index in [4.69, 9.17) is 0 Å². The summed E-state index contributed by atoms with van der Waals surface area (Å²) < 4.78 is 14.2. The number of hydrogen-bond acceptors (Lipinski definition) is 4. The number of aromatic nitrogens is 1. The van der Waals surface area contributed by atoms with E-state index in [1.165, 1.54) is 23.5 Å². The monoisotopic (exact) mass is 370 g/mol. The van der Waals surface area contributed by atoms with Crippen molar-refractivity contribution in [2.75, 3.05) is 36.4 Å². The second-order valence-corrected chi connectivity index (χ2v) is 7.39. The summed E-state index contributed by atoms with van der Waals surface area (Å²) in [7, 11) is 0. The highest BCUT2D eigenvalue weighted by molar-refractivity contribution is 7.22. The molecule has 0 bridgehead atoms.